The summed E-state index contributed by atoms with van der Waals surface area (Å²) in [5.41, 5.74) is 6.12. The maximum atomic E-state index is 5.47. The molecular weight excluding hydrogens is 216 g/mol. The van der Waals surface area contributed by atoms with E-state index < -0.39 is 0 Å². The van der Waals surface area contributed by atoms with Gasteiger partial charge in [-0.05, 0) is 10.3 Å². The van der Waals surface area contributed by atoms with Gasteiger partial charge in [0.1, 0.15) is 0 Å². The van der Waals surface area contributed by atoms with Gasteiger partial charge in [0.25, 0.3) is 5.89 Å². The third-order valence-corrected chi connectivity index (χ3v) is 1.79. The van der Waals surface area contributed by atoms with E-state index in [9.17, 15) is 0 Å². The predicted octanol–water partition coefficient (Wildman–Crippen LogP) is -0.513. The first-order chi connectivity index (χ1) is 7.84. The molecule has 0 fully saturated rings. The molecule has 3 aromatic heterocycles. The molecule has 80 valence electrons. The van der Waals surface area contributed by atoms with Crippen LogP contribution in [0, 0.1) is 0 Å². The molecule has 3 N–H and O–H groups in total. The van der Waals surface area contributed by atoms with Gasteiger partial charge >= 0.3 is 0 Å². The van der Waals surface area contributed by atoms with Crippen molar-refractivity contribution in [2.75, 3.05) is 5.73 Å². The molecule has 0 aliphatic heterocycles. The zero-order valence-corrected chi connectivity index (χ0v) is 7.65. The van der Waals surface area contributed by atoms with Crippen LogP contribution in [-0.2, 0) is 0 Å². The SMILES string of the molecule is Nc1nonc1-c1nc(-c2cn[nH]n2)no1. The fraction of sp³-hybridized carbons (Fsp3) is 0. The Bertz CT molecular complexity index is 596. The van der Waals surface area contributed by atoms with Gasteiger partial charge in [-0.15, -0.1) is 0 Å². The zero-order chi connectivity index (χ0) is 11.0. The number of nitrogens with two attached hydrogens (primary N) is 1. The third kappa shape index (κ3) is 1.20. The molecule has 0 saturated carbocycles. The standard InChI is InChI=1S/C6H4N8O2/c7-4-3(11-16-12-4)6-9-5(13-15-6)2-1-8-14-10-2/h1H,(H2,7,12)(H,8,10,14). The van der Waals surface area contributed by atoms with E-state index in [1.54, 1.807) is 0 Å². The lowest BCUT2D eigenvalue weighted by Crippen LogP contribution is -1.88. The van der Waals surface area contributed by atoms with Gasteiger partial charge in [0.05, 0.1) is 6.20 Å². The summed E-state index contributed by atoms with van der Waals surface area (Å²) in [6, 6.07) is 0. The summed E-state index contributed by atoms with van der Waals surface area (Å²) in [6.45, 7) is 0. The molecule has 3 heterocycles. The number of hydrogen-bond acceptors (Lipinski definition) is 9. The molecule has 3 rings (SSSR count). The minimum Gasteiger partial charge on any atom is -0.379 e. The van der Waals surface area contributed by atoms with Crippen LogP contribution in [0.2, 0.25) is 0 Å². The number of rotatable bonds is 2. The minimum absolute atomic E-state index is 0.0790. The van der Waals surface area contributed by atoms with Gasteiger partial charge in [0.2, 0.25) is 17.3 Å². The Morgan fingerprint density at radius 3 is 2.88 bits per heavy atom. The van der Waals surface area contributed by atoms with E-state index in [1.807, 2.05) is 0 Å². The lowest BCUT2D eigenvalue weighted by atomic mass is 10.4. The molecule has 0 unspecified atom stereocenters. The molecular formula is C6H4N8O2. The highest BCUT2D eigenvalue weighted by Gasteiger charge is 2.18. The molecule has 0 bridgehead atoms. The second-order valence-electron chi connectivity index (χ2n) is 2.78. The lowest BCUT2D eigenvalue weighted by molar-refractivity contribution is 0.308. The smallest absolute Gasteiger partial charge is 0.284 e. The number of H-pyrrole nitrogens is 1. The van der Waals surface area contributed by atoms with Crippen LogP contribution in [-0.4, -0.2) is 35.9 Å². The Labute approximate surface area is 86.8 Å². The van der Waals surface area contributed by atoms with Gasteiger partial charge in [-0.3, -0.25) is 0 Å². The summed E-state index contributed by atoms with van der Waals surface area (Å²) in [5, 5.41) is 20.4. The Hall–Kier alpha value is -2.78. The van der Waals surface area contributed by atoms with Crippen molar-refractivity contribution in [3.63, 3.8) is 0 Å². The summed E-state index contributed by atoms with van der Waals surface area (Å²) >= 11 is 0. The third-order valence-electron chi connectivity index (χ3n) is 1.79. The van der Waals surface area contributed by atoms with Crippen molar-refractivity contribution in [3.05, 3.63) is 6.20 Å². The Balaban J connectivity index is 2.03. The average Bonchev–Trinajstić information content (AvgIpc) is 2.96. The van der Waals surface area contributed by atoms with Crippen LogP contribution < -0.4 is 5.73 Å². The van der Waals surface area contributed by atoms with Crippen molar-refractivity contribution in [3.8, 4) is 23.1 Å². The normalized spacial score (nSPS) is 10.8. The number of aromatic amines is 1. The monoisotopic (exact) mass is 220 g/mol. The number of aromatic nitrogens is 7. The molecule has 0 amide bonds. The Kier molecular flexibility index (Phi) is 1.66. The van der Waals surface area contributed by atoms with E-state index >= 15 is 0 Å². The van der Waals surface area contributed by atoms with Crippen LogP contribution in [0.3, 0.4) is 0 Å². The second-order valence-corrected chi connectivity index (χ2v) is 2.78. The number of nitrogen functional groups attached to an aromatic ring is 1. The van der Waals surface area contributed by atoms with Gasteiger partial charge in [0.15, 0.2) is 5.69 Å². The van der Waals surface area contributed by atoms with Crippen LogP contribution in [0.15, 0.2) is 15.3 Å². The molecule has 3 aromatic rings. The highest BCUT2D eigenvalue weighted by molar-refractivity contribution is 5.62. The molecule has 10 nitrogen and oxygen atoms in total. The second kappa shape index (κ2) is 3.12. The molecule has 0 aromatic carbocycles. The maximum Gasteiger partial charge on any atom is 0.284 e. The molecule has 0 radical (unpaired) electrons. The molecule has 0 aliphatic rings. The fourth-order valence-electron chi connectivity index (χ4n) is 1.08. The molecule has 0 aliphatic carbocycles. The van der Waals surface area contributed by atoms with Crippen LogP contribution in [0.5, 0.6) is 0 Å². The lowest BCUT2D eigenvalue weighted by Gasteiger charge is -1.82. The Morgan fingerprint density at radius 1 is 1.25 bits per heavy atom. The van der Waals surface area contributed by atoms with Gasteiger partial charge < -0.3 is 10.3 Å². The summed E-state index contributed by atoms with van der Waals surface area (Å²) < 4.78 is 9.34. The highest BCUT2D eigenvalue weighted by Crippen LogP contribution is 2.22. The van der Waals surface area contributed by atoms with Crippen molar-refractivity contribution in [1.82, 2.24) is 35.9 Å². The van der Waals surface area contributed by atoms with Crippen molar-refractivity contribution < 1.29 is 9.15 Å². The van der Waals surface area contributed by atoms with Gasteiger partial charge in [0, 0.05) is 0 Å². The minimum atomic E-state index is 0.0790. The summed E-state index contributed by atoms with van der Waals surface area (Å²) in [4.78, 5) is 4.01. The fourth-order valence-corrected chi connectivity index (χ4v) is 1.08. The summed E-state index contributed by atoms with van der Waals surface area (Å²) in [5.74, 6) is 0.457. The van der Waals surface area contributed by atoms with E-state index in [-0.39, 0.29) is 23.2 Å². The zero-order valence-electron chi connectivity index (χ0n) is 7.65. The van der Waals surface area contributed by atoms with Crippen molar-refractivity contribution in [2.45, 2.75) is 0 Å². The Morgan fingerprint density at radius 2 is 2.19 bits per heavy atom. The van der Waals surface area contributed by atoms with Gasteiger partial charge in [-0.1, -0.05) is 5.16 Å². The van der Waals surface area contributed by atoms with Gasteiger partial charge in [-0.25, -0.2) is 4.63 Å². The highest BCUT2D eigenvalue weighted by atomic mass is 16.6. The van der Waals surface area contributed by atoms with Crippen LogP contribution in [0.4, 0.5) is 5.82 Å². The van der Waals surface area contributed by atoms with Crippen LogP contribution >= 0.6 is 0 Å². The predicted molar refractivity (Wildman–Crippen MR) is 47.4 cm³/mol. The first-order valence-corrected chi connectivity index (χ1v) is 4.13. The maximum absolute atomic E-state index is 5.47. The van der Waals surface area contributed by atoms with Crippen molar-refractivity contribution >= 4 is 5.82 Å². The van der Waals surface area contributed by atoms with Crippen LogP contribution in [0.25, 0.3) is 23.1 Å². The number of anilines is 1. The van der Waals surface area contributed by atoms with E-state index in [0.29, 0.717) is 5.69 Å². The summed E-state index contributed by atoms with van der Waals surface area (Å²) in [6.07, 6.45) is 1.46. The molecule has 0 atom stereocenters. The largest absolute Gasteiger partial charge is 0.379 e. The van der Waals surface area contributed by atoms with Crippen molar-refractivity contribution in [2.24, 2.45) is 0 Å². The first kappa shape index (κ1) is 8.52. The molecule has 10 heteroatoms. The van der Waals surface area contributed by atoms with E-state index in [4.69, 9.17) is 10.3 Å². The number of nitrogens with one attached hydrogen (secondary N) is 1. The van der Waals surface area contributed by atoms with E-state index in [0.717, 1.165) is 0 Å². The average molecular weight is 220 g/mol. The van der Waals surface area contributed by atoms with Gasteiger partial charge in [-0.2, -0.15) is 20.4 Å². The summed E-state index contributed by atoms with van der Waals surface area (Å²) in [7, 11) is 0. The number of nitrogens with zero attached hydrogens (tertiary/aromatic N) is 6. The molecule has 0 spiro atoms. The van der Waals surface area contributed by atoms with E-state index in [2.05, 4.69) is 40.5 Å². The molecule has 0 saturated heterocycles. The first-order valence-electron chi connectivity index (χ1n) is 4.13. The molecule has 16 heavy (non-hydrogen) atoms. The van der Waals surface area contributed by atoms with E-state index in [1.165, 1.54) is 6.20 Å². The van der Waals surface area contributed by atoms with Crippen LogP contribution in [0.1, 0.15) is 0 Å². The number of hydrogen-bond donors (Lipinski definition) is 2. The quantitative estimate of drug-likeness (QED) is 0.582. The van der Waals surface area contributed by atoms with Crippen molar-refractivity contribution in [1.29, 1.82) is 0 Å². The topological polar surface area (TPSA) is 145 Å².